The van der Waals surface area contributed by atoms with Crippen molar-refractivity contribution < 1.29 is 0 Å². The Morgan fingerprint density at radius 1 is 1.22 bits per heavy atom. The van der Waals surface area contributed by atoms with Crippen molar-refractivity contribution in [3.05, 3.63) is 16.3 Å². The smallest absolute Gasteiger partial charge is 0.316 e. The molecule has 3 rings (SSSR count). The van der Waals surface area contributed by atoms with Crippen LogP contribution in [-0.4, -0.2) is 27.4 Å². The molecule has 0 amide bonds. The molecule has 5 heteroatoms. The van der Waals surface area contributed by atoms with E-state index in [0.29, 0.717) is 12.0 Å². The Kier molecular flexibility index (Phi) is 3.24. The van der Waals surface area contributed by atoms with Gasteiger partial charge in [0, 0.05) is 25.6 Å². The standard InChI is InChI=1S/C13H22N4O/c1-16-13(18)17(11-6-2-3-7-11)12(15-16)10-5-4-8-14-9-10/h10-11,14H,2-9H2,1H3. The van der Waals surface area contributed by atoms with E-state index in [9.17, 15) is 4.79 Å². The molecule has 0 radical (unpaired) electrons. The second kappa shape index (κ2) is 4.88. The van der Waals surface area contributed by atoms with E-state index in [1.165, 1.54) is 23.9 Å². The molecule has 1 saturated carbocycles. The van der Waals surface area contributed by atoms with Gasteiger partial charge in [-0.1, -0.05) is 12.8 Å². The average Bonchev–Trinajstić information content (AvgIpc) is 3.00. The van der Waals surface area contributed by atoms with E-state index in [2.05, 4.69) is 10.4 Å². The van der Waals surface area contributed by atoms with Crippen LogP contribution in [0.25, 0.3) is 0 Å². The van der Waals surface area contributed by atoms with E-state index in [-0.39, 0.29) is 5.69 Å². The molecule has 0 aromatic carbocycles. The lowest BCUT2D eigenvalue weighted by molar-refractivity contribution is 0.405. The number of hydrogen-bond donors (Lipinski definition) is 1. The maximum atomic E-state index is 12.3. The summed E-state index contributed by atoms with van der Waals surface area (Å²) in [6.45, 7) is 2.06. The number of piperidine rings is 1. The van der Waals surface area contributed by atoms with E-state index in [1.54, 1.807) is 7.05 Å². The highest BCUT2D eigenvalue weighted by atomic mass is 16.2. The van der Waals surface area contributed by atoms with Gasteiger partial charge < -0.3 is 5.32 Å². The van der Waals surface area contributed by atoms with E-state index < -0.39 is 0 Å². The van der Waals surface area contributed by atoms with Crippen LogP contribution >= 0.6 is 0 Å². The largest absolute Gasteiger partial charge is 0.345 e. The van der Waals surface area contributed by atoms with Gasteiger partial charge in [0.1, 0.15) is 5.82 Å². The minimum Gasteiger partial charge on any atom is -0.316 e. The van der Waals surface area contributed by atoms with Gasteiger partial charge in [0.25, 0.3) is 0 Å². The summed E-state index contributed by atoms with van der Waals surface area (Å²) in [7, 11) is 1.77. The summed E-state index contributed by atoms with van der Waals surface area (Å²) in [5.41, 5.74) is 0.0717. The molecule has 5 nitrogen and oxygen atoms in total. The van der Waals surface area contributed by atoms with Crippen molar-refractivity contribution in [3.8, 4) is 0 Å². The van der Waals surface area contributed by atoms with Gasteiger partial charge in [-0.2, -0.15) is 5.10 Å². The maximum absolute atomic E-state index is 12.3. The zero-order chi connectivity index (χ0) is 12.5. The normalized spacial score (nSPS) is 25.7. The summed E-state index contributed by atoms with van der Waals surface area (Å²) in [5.74, 6) is 1.43. The van der Waals surface area contributed by atoms with Crippen molar-refractivity contribution in [2.75, 3.05) is 13.1 Å². The summed E-state index contributed by atoms with van der Waals surface area (Å²) in [5, 5.41) is 7.92. The van der Waals surface area contributed by atoms with Crippen molar-refractivity contribution >= 4 is 0 Å². The van der Waals surface area contributed by atoms with Crippen LogP contribution in [0.5, 0.6) is 0 Å². The number of rotatable bonds is 2. The molecule has 1 N–H and O–H groups in total. The van der Waals surface area contributed by atoms with Crippen LogP contribution in [0.1, 0.15) is 56.3 Å². The Labute approximate surface area is 107 Å². The highest BCUT2D eigenvalue weighted by molar-refractivity contribution is 5.02. The molecule has 1 unspecified atom stereocenters. The van der Waals surface area contributed by atoms with Gasteiger partial charge in [0.2, 0.25) is 0 Å². The fourth-order valence-electron chi connectivity index (χ4n) is 3.35. The molecule has 2 heterocycles. The van der Waals surface area contributed by atoms with Gasteiger partial charge in [0.15, 0.2) is 0 Å². The van der Waals surface area contributed by atoms with Crippen molar-refractivity contribution in [1.29, 1.82) is 0 Å². The molecule has 2 fully saturated rings. The number of hydrogen-bond acceptors (Lipinski definition) is 3. The Morgan fingerprint density at radius 2 is 2.00 bits per heavy atom. The predicted molar refractivity (Wildman–Crippen MR) is 69.8 cm³/mol. The lowest BCUT2D eigenvalue weighted by atomic mass is 9.98. The van der Waals surface area contributed by atoms with Gasteiger partial charge in [0.05, 0.1) is 0 Å². The number of nitrogens with zero attached hydrogens (tertiary/aromatic N) is 3. The predicted octanol–water partition coefficient (Wildman–Crippen LogP) is 1.16. The lowest BCUT2D eigenvalue weighted by Gasteiger charge is -2.24. The molecule has 0 bridgehead atoms. The first-order valence-electron chi connectivity index (χ1n) is 7.13. The first-order valence-corrected chi connectivity index (χ1v) is 7.13. The fourth-order valence-corrected chi connectivity index (χ4v) is 3.35. The van der Waals surface area contributed by atoms with Crippen LogP contribution in [0, 0.1) is 0 Å². The third-order valence-corrected chi connectivity index (χ3v) is 4.33. The topological polar surface area (TPSA) is 51.9 Å². The van der Waals surface area contributed by atoms with E-state index in [4.69, 9.17) is 0 Å². The molecule has 2 aliphatic rings. The zero-order valence-corrected chi connectivity index (χ0v) is 11.1. The molecule has 1 saturated heterocycles. The monoisotopic (exact) mass is 250 g/mol. The van der Waals surface area contributed by atoms with Crippen molar-refractivity contribution in [1.82, 2.24) is 19.7 Å². The summed E-state index contributed by atoms with van der Waals surface area (Å²) in [6, 6.07) is 0.392. The van der Waals surface area contributed by atoms with Crippen molar-refractivity contribution in [2.45, 2.75) is 50.5 Å². The van der Waals surface area contributed by atoms with Crippen molar-refractivity contribution in [2.24, 2.45) is 7.05 Å². The second-order valence-corrected chi connectivity index (χ2v) is 5.62. The first-order chi connectivity index (χ1) is 8.77. The number of aromatic nitrogens is 3. The number of nitrogens with one attached hydrogen (secondary N) is 1. The summed E-state index contributed by atoms with van der Waals surface area (Å²) < 4.78 is 3.51. The van der Waals surface area contributed by atoms with Crippen LogP contribution in [-0.2, 0) is 7.05 Å². The molecule has 1 aliphatic heterocycles. The van der Waals surface area contributed by atoms with Crippen LogP contribution in [0.15, 0.2) is 4.79 Å². The first kappa shape index (κ1) is 12.0. The van der Waals surface area contributed by atoms with Crippen LogP contribution in [0.2, 0.25) is 0 Å². The van der Waals surface area contributed by atoms with E-state index in [0.717, 1.165) is 38.2 Å². The van der Waals surface area contributed by atoms with Gasteiger partial charge in [-0.05, 0) is 32.2 Å². The maximum Gasteiger partial charge on any atom is 0.345 e. The Morgan fingerprint density at radius 3 is 2.67 bits per heavy atom. The molecular weight excluding hydrogens is 228 g/mol. The third-order valence-electron chi connectivity index (χ3n) is 4.33. The Bertz CT molecular complexity index is 464. The van der Waals surface area contributed by atoms with Gasteiger partial charge in [-0.25, -0.2) is 9.48 Å². The molecule has 1 atom stereocenters. The SMILES string of the molecule is Cn1nc(C2CCCNC2)n(C2CCCC2)c1=O. The van der Waals surface area contributed by atoms with E-state index >= 15 is 0 Å². The van der Waals surface area contributed by atoms with Gasteiger partial charge >= 0.3 is 5.69 Å². The fraction of sp³-hybridized carbons (Fsp3) is 0.846. The lowest BCUT2D eigenvalue weighted by Crippen LogP contribution is -2.32. The second-order valence-electron chi connectivity index (χ2n) is 5.62. The van der Waals surface area contributed by atoms with E-state index in [1.807, 2.05) is 4.57 Å². The molecule has 0 spiro atoms. The molecule has 18 heavy (non-hydrogen) atoms. The highest BCUT2D eigenvalue weighted by Crippen LogP contribution is 2.31. The third kappa shape index (κ3) is 2.00. The van der Waals surface area contributed by atoms with Gasteiger partial charge in [-0.15, -0.1) is 0 Å². The minimum atomic E-state index is 0.0717. The summed E-state index contributed by atoms with van der Waals surface area (Å²) >= 11 is 0. The summed E-state index contributed by atoms with van der Waals surface area (Å²) in [6.07, 6.45) is 7.09. The Hall–Kier alpha value is -1.10. The summed E-state index contributed by atoms with van der Waals surface area (Å²) in [4.78, 5) is 12.3. The molecule has 1 aromatic rings. The van der Waals surface area contributed by atoms with Crippen molar-refractivity contribution in [3.63, 3.8) is 0 Å². The van der Waals surface area contributed by atoms with Crippen LogP contribution in [0.3, 0.4) is 0 Å². The number of aryl methyl sites for hydroxylation is 1. The minimum absolute atomic E-state index is 0.0717. The zero-order valence-electron chi connectivity index (χ0n) is 11.1. The Balaban J connectivity index is 1.97. The molecule has 1 aliphatic carbocycles. The molecule has 1 aromatic heterocycles. The quantitative estimate of drug-likeness (QED) is 0.857. The van der Waals surface area contributed by atoms with Gasteiger partial charge in [-0.3, -0.25) is 4.57 Å². The van der Waals surface area contributed by atoms with Crippen LogP contribution in [0.4, 0.5) is 0 Å². The highest BCUT2D eigenvalue weighted by Gasteiger charge is 2.28. The average molecular weight is 250 g/mol. The van der Waals surface area contributed by atoms with Crippen LogP contribution < -0.4 is 11.0 Å². The molecule has 100 valence electrons. The molecular formula is C13H22N4O.